The lowest BCUT2D eigenvalue weighted by Gasteiger charge is -2.39. The van der Waals surface area contributed by atoms with Gasteiger partial charge in [-0.2, -0.15) is 0 Å². The van der Waals surface area contributed by atoms with E-state index in [0.29, 0.717) is 24.5 Å². The predicted molar refractivity (Wildman–Crippen MR) is 118 cm³/mol. The standard InChI is InChI=1S/C26H25NO4/c1-29-22-14-18-12-13-27(26(28)24-15-19-10-6-7-11-21(19)31-24)25(17-8-4-3-5-9-17)20(18)16-23(22)30-2/h3-11,14,16,24-25H,12-13,15H2,1-2H3. The molecule has 5 nitrogen and oxygen atoms in total. The van der Waals surface area contributed by atoms with Crippen LogP contribution in [0.2, 0.25) is 0 Å². The van der Waals surface area contributed by atoms with Crippen LogP contribution in [0.15, 0.2) is 66.7 Å². The zero-order valence-electron chi connectivity index (χ0n) is 17.7. The summed E-state index contributed by atoms with van der Waals surface area (Å²) in [5.41, 5.74) is 4.39. The number of para-hydroxylation sites is 1. The van der Waals surface area contributed by atoms with Gasteiger partial charge in [0.2, 0.25) is 0 Å². The topological polar surface area (TPSA) is 48.0 Å². The van der Waals surface area contributed by atoms with E-state index in [1.54, 1.807) is 14.2 Å². The molecule has 0 saturated carbocycles. The van der Waals surface area contributed by atoms with Crippen molar-refractivity contribution in [3.8, 4) is 17.2 Å². The predicted octanol–water partition coefficient (Wildman–Crippen LogP) is 4.18. The molecule has 0 fully saturated rings. The molecule has 0 spiro atoms. The lowest BCUT2D eigenvalue weighted by atomic mass is 9.87. The van der Waals surface area contributed by atoms with Crippen LogP contribution in [0, 0.1) is 0 Å². The fourth-order valence-electron chi connectivity index (χ4n) is 4.68. The number of amides is 1. The van der Waals surface area contributed by atoms with Crippen LogP contribution >= 0.6 is 0 Å². The van der Waals surface area contributed by atoms with Crippen molar-refractivity contribution in [3.63, 3.8) is 0 Å². The smallest absolute Gasteiger partial charge is 0.264 e. The van der Waals surface area contributed by atoms with Crippen LogP contribution in [0.3, 0.4) is 0 Å². The number of benzene rings is 3. The van der Waals surface area contributed by atoms with E-state index in [0.717, 1.165) is 28.9 Å². The maximum atomic E-state index is 13.7. The normalized spacial score (nSPS) is 19.2. The molecule has 2 unspecified atom stereocenters. The molecule has 5 heteroatoms. The van der Waals surface area contributed by atoms with Crippen molar-refractivity contribution in [2.45, 2.75) is 25.0 Å². The van der Waals surface area contributed by atoms with Gasteiger partial charge in [0.15, 0.2) is 17.6 Å². The first-order valence-corrected chi connectivity index (χ1v) is 10.5. The van der Waals surface area contributed by atoms with Crippen molar-refractivity contribution in [2.24, 2.45) is 0 Å². The minimum Gasteiger partial charge on any atom is -0.493 e. The van der Waals surface area contributed by atoms with E-state index >= 15 is 0 Å². The lowest BCUT2D eigenvalue weighted by Crippen LogP contribution is -2.47. The van der Waals surface area contributed by atoms with Gasteiger partial charge in [0.1, 0.15) is 5.75 Å². The highest BCUT2D eigenvalue weighted by atomic mass is 16.5. The van der Waals surface area contributed by atoms with E-state index in [9.17, 15) is 4.79 Å². The summed E-state index contributed by atoms with van der Waals surface area (Å²) in [6, 6.07) is 21.9. The minimum atomic E-state index is -0.495. The summed E-state index contributed by atoms with van der Waals surface area (Å²) >= 11 is 0. The second-order valence-corrected chi connectivity index (χ2v) is 7.92. The molecule has 0 aliphatic carbocycles. The Bertz CT molecular complexity index is 1090. The van der Waals surface area contributed by atoms with Gasteiger partial charge in [-0.05, 0) is 46.9 Å². The molecular formula is C26H25NO4. The number of fused-ring (bicyclic) bond motifs is 2. The summed E-state index contributed by atoms with van der Waals surface area (Å²) in [6.07, 6.45) is 0.862. The van der Waals surface area contributed by atoms with Crippen LogP contribution < -0.4 is 14.2 Å². The van der Waals surface area contributed by atoms with E-state index < -0.39 is 6.10 Å². The Labute approximate surface area is 182 Å². The van der Waals surface area contributed by atoms with Crippen molar-refractivity contribution in [3.05, 3.63) is 89.0 Å². The number of nitrogens with zero attached hydrogens (tertiary/aromatic N) is 1. The highest BCUT2D eigenvalue weighted by molar-refractivity contribution is 5.84. The van der Waals surface area contributed by atoms with Crippen LogP contribution in [0.25, 0.3) is 0 Å². The molecule has 0 bridgehead atoms. The van der Waals surface area contributed by atoms with Crippen molar-refractivity contribution < 1.29 is 19.0 Å². The third kappa shape index (κ3) is 3.40. The molecule has 1 amide bonds. The van der Waals surface area contributed by atoms with Gasteiger partial charge in [0.05, 0.1) is 20.3 Å². The third-order valence-corrected chi connectivity index (χ3v) is 6.19. The lowest BCUT2D eigenvalue weighted by molar-refractivity contribution is -0.140. The van der Waals surface area contributed by atoms with E-state index in [2.05, 4.69) is 12.1 Å². The molecule has 0 aromatic heterocycles. The largest absolute Gasteiger partial charge is 0.493 e. The van der Waals surface area contributed by atoms with E-state index in [1.807, 2.05) is 59.5 Å². The summed E-state index contributed by atoms with van der Waals surface area (Å²) in [5, 5.41) is 0. The summed E-state index contributed by atoms with van der Waals surface area (Å²) in [4.78, 5) is 15.6. The quantitative estimate of drug-likeness (QED) is 0.641. The average Bonchev–Trinajstić information content (AvgIpc) is 3.26. The van der Waals surface area contributed by atoms with Crippen LogP contribution in [0.4, 0.5) is 0 Å². The molecule has 2 heterocycles. The van der Waals surface area contributed by atoms with E-state index in [1.165, 1.54) is 5.56 Å². The van der Waals surface area contributed by atoms with Crippen LogP contribution in [0.5, 0.6) is 17.2 Å². The molecule has 2 aliphatic rings. The fraction of sp³-hybridized carbons (Fsp3) is 0.269. The Morgan fingerprint density at radius 3 is 2.39 bits per heavy atom. The van der Waals surface area contributed by atoms with Gasteiger partial charge in [-0.15, -0.1) is 0 Å². The van der Waals surface area contributed by atoms with Crippen LogP contribution in [-0.4, -0.2) is 37.7 Å². The second-order valence-electron chi connectivity index (χ2n) is 7.92. The molecule has 3 aromatic carbocycles. The minimum absolute atomic E-state index is 0.0190. The summed E-state index contributed by atoms with van der Waals surface area (Å²) < 4.78 is 17.1. The maximum Gasteiger partial charge on any atom is 0.264 e. The molecule has 0 N–H and O–H groups in total. The van der Waals surface area contributed by atoms with Gasteiger partial charge in [-0.25, -0.2) is 0 Å². The highest BCUT2D eigenvalue weighted by Gasteiger charge is 2.39. The van der Waals surface area contributed by atoms with Crippen molar-refractivity contribution in [2.75, 3.05) is 20.8 Å². The summed E-state index contributed by atoms with van der Waals surface area (Å²) in [6.45, 7) is 0.622. The Morgan fingerprint density at radius 2 is 1.65 bits per heavy atom. The van der Waals surface area contributed by atoms with Crippen molar-refractivity contribution >= 4 is 5.91 Å². The molecule has 3 aromatic rings. The SMILES string of the molecule is COc1cc2c(cc1OC)C(c1ccccc1)N(C(=O)C1Cc3ccccc3O1)CC2. The van der Waals surface area contributed by atoms with Crippen LogP contribution in [0.1, 0.15) is 28.3 Å². The number of hydrogen-bond donors (Lipinski definition) is 0. The van der Waals surface area contributed by atoms with Gasteiger partial charge >= 0.3 is 0 Å². The first-order chi connectivity index (χ1) is 15.2. The Hall–Kier alpha value is -3.47. The number of hydrogen-bond acceptors (Lipinski definition) is 4. The zero-order valence-corrected chi connectivity index (χ0v) is 17.7. The summed E-state index contributed by atoms with van der Waals surface area (Å²) in [5.74, 6) is 2.20. The second kappa shape index (κ2) is 7.99. The molecular weight excluding hydrogens is 390 g/mol. The van der Waals surface area contributed by atoms with E-state index in [-0.39, 0.29) is 11.9 Å². The Kier molecular flexibility index (Phi) is 5.02. The molecule has 158 valence electrons. The molecule has 2 aliphatic heterocycles. The third-order valence-electron chi connectivity index (χ3n) is 6.19. The number of rotatable bonds is 4. The molecule has 31 heavy (non-hydrogen) atoms. The number of carbonyl (C=O) groups excluding carboxylic acids is 1. The zero-order chi connectivity index (χ0) is 21.4. The number of methoxy groups -OCH3 is 2. The number of ether oxygens (including phenoxy) is 3. The maximum absolute atomic E-state index is 13.7. The first-order valence-electron chi connectivity index (χ1n) is 10.5. The van der Waals surface area contributed by atoms with Gasteiger partial charge in [-0.1, -0.05) is 48.5 Å². The van der Waals surface area contributed by atoms with Gasteiger partial charge < -0.3 is 19.1 Å². The number of carbonyl (C=O) groups is 1. The Balaban J connectivity index is 1.54. The fourth-order valence-corrected chi connectivity index (χ4v) is 4.68. The van der Waals surface area contributed by atoms with Gasteiger partial charge in [0, 0.05) is 13.0 Å². The molecule has 0 radical (unpaired) electrons. The van der Waals surface area contributed by atoms with Crippen LogP contribution in [-0.2, 0) is 17.6 Å². The molecule has 2 atom stereocenters. The summed E-state index contributed by atoms with van der Waals surface area (Å²) in [7, 11) is 3.28. The van der Waals surface area contributed by atoms with Gasteiger partial charge in [0.25, 0.3) is 5.91 Å². The molecule has 5 rings (SSSR count). The van der Waals surface area contributed by atoms with E-state index in [4.69, 9.17) is 14.2 Å². The first kappa shape index (κ1) is 19.5. The average molecular weight is 415 g/mol. The van der Waals surface area contributed by atoms with Crippen molar-refractivity contribution in [1.82, 2.24) is 4.90 Å². The monoisotopic (exact) mass is 415 g/mol. The molecule has 0 saturated heterocycles. The van der Waals surface area contributed by atoms with Gasteiger partial charge in [-0.3, -0.25) is 4.79 Å². The van der Waals surface area contributed by atoms with Crippen molar-refractivity contribution in [1.29, 1.82) is 0 Å². The Morgan fingerprint density at radius 1 is 0.935 bits per heavy atom. The highest BCUT2D eigenvalue weighted by Crippen LogP contribution is 2.42.